The summed E-state index contributed by atoms with van der Waals surface area (Å²) in [4.78, 5) is 12.3. The molecule has 0 radical (unpaired) electrons. The van der Waals surface area contributed by atoms with Gasteiger partial charge in [-0.3, -0.25) is 4.79 Å². The van der Waals surface area contributed by atoms with Crippen LogP contribution in [0.1, 0.15) is 11.1 Å². The quantitative estimate of drug-likeness (QED) is 0.773. The van der Waals surface area contributed by atoms with E-state index in [2.05, 4.69) is 0 Å². The topological polar surface area (TPSA) is 42.2 Å². The van der Waals surface area contributed by atoms with Gasteiger partial charge in [-0.2, -0.15) is 0 Å². The number of aromatic nitrogens is 1. The van der Waals surface area contributed by atoms with E-state index < -0.39 is 0 Å². The van der Waals surface area contributed by atoms with Gasteiger partial charge in [-0.05, 0) is 30.2 Å². The van der Waals surface area contributed by atoms with E-state index in [0.29, 0.717) is 6.54 Å². The molecule has 0 aliphatic carbocycles. The molecular formula is C17H15NO2. The largest absolute Gasteiger partial charge is 0.508 e. The fourth-order valence-corrected chi connectivity index (χ4v) is 2.47. The molecule has 20 heavy (non-hydrogen) atoms. The molecule has 0 unspecified atom stereocenters. The molecule has 0 fully saturated rings. The first-order chi connectivity index (χ1) is 9.65. The molecule has 3 rings (SSSR count). The predicted molar refractivity (Wildman–Crippen MR) is 80.2 cm³/mol. The molecule has 2 aromatic carbocycles. The Labute approximate surface area is 116 Å². The van der Waals surface area contributed by atoms with Crippen molar-refractivity contribution in [3.05, 3.63) is 76.1 Å². The molecule has 0 aliphatic rings. The highest BCUT2D eigenvalue weighted by molar-refractivity contribution is 5.83. The number of hydrogen-bond acceptors (Lipinski definition) is 2. The smallest absolute Gasteiger partial charge is 0.251 e. The lowest BCUT2D eigenvalue weighted by molar-refractivity contribution is 0.475. The van der Waals surface area contributed by atoms with Crippen LogP contribution >= 0.6 is 0 Å². The van der Waals surface area contributed by atoms with Crippen LogP contribution in [0.3, 0.4) is 0 Å². The third-order valence-corrected chi connectivity index (χ3v) is 3.49. The SMILES string of the molecule is Cc1cc(=O)n(Cc2ccccc2)c2cc(O)ccc12. The van der Waals surface area contributed by atoms with Crippen LogP contribution in [0.15, 0.2) is 59.4 Å². The molecule has 3 heteroatoms. The maximum Gasteiger partial charge on any atom is 0.251 e. The number of pyridine rings is 1. The number of fused-ring (bicyclic) bond motifs is 1. The predicted octanol–water partition coefficient (Wildman–Crippen LogP) is 3.06. The molecule has 0 atom stereocenters. The first-order valence-electron chi connectivity index (χ1n) is 6.52. The Balaban J connectivity index is 2.24. The van der Waals surface area contributed by atoms with Crippen molar-refractivity contribution < 1.29 is 5.11 Å². The van der Waals surface area contributed by atoms with Crippen molar-refractivity contribution in [3.8, 4) is 5.75 Å². The van der Waals surface area contributed by atoms with Crippen molar-refractivity contribution in [1.29, 1.82) is 0 Å². The number of hydrogen-bond donors (Lipinski definition) is 1. The molecule has 1 N–H and O–H groups in total. The lowest BCUT2D eigenvalue weighted by Crippen LogP contribution is -2.20. The van der Waals surface area contributed by atoms with Gasteiger partial charge in [0, 0.05) is 17.5 Å². The summed E-state index contributed by atoms with van der Waals surface area (Å²) >= 11 is 0. The normalized spacial score (nSPS) is 10.8. The summed E-state index contributed by atoms with van der Waals surface area (Å²) < 4.78 is 1.69. The second-order valence-corrected chi connectivity index (χ2v) is 4.94. The molecule has 3 aromatic rings. The fraction of sp³-hybridized carbons (Fsp3) is 0.118. The molecule has 0 amide bonds. The third kappa shape index (κ3) is 2.18. The zero-order chi connectivity index (χ0) is 14.1. The van der Waals surface area contributed by atoms with Gasteiger partial charge in [0.05, 0.1) is 12.1 Å². The molecule has 1 aromatic heterocycles. The molecule has 100 valence electrons. The minimum absolute atomic E-state index is 0.0514. The Kier molecular flexibility index (Phi) is 3.03. The molecule has 0 aliphatic heterocycles. The Morgan fingerprint density at radius 3 is 2.55 bits per heavy atom. The minimum Gasteiger partial charge on any atom is -0.508 e. The first-order valence-corrected chi connectivity index (χ1v) is 6.52. The third-order valence-electron chi connectivity index (χ3n) is 3.49. The highest BCUT2D eigenvalue weighted by Gasteiger charge is 2.07. The van der Waals surface area contributed by atoms with E-state index in [1.807, 2.05) is 43.3 Å². The number of benzene rings is 2. The molecule has 0 saturated heterocycles. The average Bonchev–Trinajstić information content (AvgIpc) is 2.44. The van der Waals surface area contributed by atoms with Crippen LogP contribution in [0.2, 0.25) is 0 Å². The van der Waals surface area contributed by atoms with E-state index in [-0.39, 0.29) is 11.3 Å². The Hall–Kier alpha value is -2.55. The van der Waals surface area contributed by atoms with Gasteiger partial charge in [0.25, 0.3) is 5.56 Å². The van der Waals surface area contributed by atoms with Crippen LogP contribution in [-0.2, 0) is 6.54 Å². The van der Waals surface area contributed by atoms with Crippen molar-refractivity contribution in [2.75, 3.05) is 0 Å². The summed E-state index contributed by atoms with van der Waals surface area (Å²) in [6, 6.07) is 16.6. The second kappa shape index (κ2) is 4.85. The van der Waals surface area contributed by atoms with Crippen LogP contribution < -0.4 is 5.56 Å². The van der Waals surface area contributed by atoms with E-state index >= 15 is 0 Å². The van der Waals surface area contributed by atoms with Gasteiger partial charge < -0.3 is 9.67 Å². The summed E-state index contributed by atoms with van der Waals surface area (Å²) in [5.41, 5.74) is 2.70. The van der Waals surface area contributed by atoms with Gasteiger partial charge in [0.15, 0.2) is 0 Å². The summed E-state index contributed by atoms with van der Waals surface area (Å²) in [6.07, 6.45) is 0. The summed E-state index contributed by atoms with van der Waals surface area (Å²) in [5, 5.41) is 10.7. The van der Waals surface area contributed by atoms with E-state index in [9.17, 15) is 9.90 Å². The lowest BCUT2D eigenvalue weighted by Gasteiger charge is -2.12. The maximum atomic E-state index is 12.3. The number of aromatic hydroxyl groups is 1. The van der Waals surface area contributed by atoms with Crippen LogP contribution in [0.4, 0.5) is 0 Å². The molecule has 0 bridgehead atoms. The molecule has 3 nitrogen and oxygen atoms in total. The van der Waals surface area contributed by atoms with Gasteiger partial charge >= 0.3 is 0 Å². The minimum atomic E-state index is -0.0514. The lowest BCUT2D eigenvalue weighted by atomic mass is 10.1. The first kappa shape index (κ1) is 12.5. The van der Waals surface area contributed by atoms with E-state index in [4.69, 9.17) is 0 Å². The monoisotopic (exact) mass is 265 g/mol. The fourth-order valence-electron chi connectivity index (χ4n) is 2.47. The highest BCUT2D eigenvalue weighted by Crippen LogP contribution is 2.22. The Bertz CT molecular complexity index is 820. The molecular weight excluding hydrogens is 250 g/mol. The molecule has 0 spiro atoms. The van der Waals surface area contributed by atoms with Crippen molar-refractivity contribution >= 4 is 10.9 Å². The summed E-state index contributed by atoms with van der Waals surface area (Å²) in [6.45, 7) is 2.41. The molecule has 1 heterocycles. The van der Waals surface area contributed by atoms with Gasteiger partial charge in [-0.25, -0.2) is 0 Å². The average molecular weight is 265 g/mol. The number of phenolic OH excluding ortho intramolecular Hbond substituents is 1. The van der Waals surface area contributed by atoms with Crippen molar-refractivity contribution in [3.63, 3.8) is 0 Å². The van der Waals surface area contributed by atoms with E-state index in [1.165, 1.54) is 0 Å². The Morgan fingerprint density at radius 1 is 1.05 bits per heavy atom. The van der Waals surface area contributed by atoms with Crippen LogP contribution in [0, 0.1) is 6.92 Å². The number of phenols is 1. The summed E-state index contributed by atoms with van der Waals surface area (Å²) in [7, 11) is 0. The van der Waals surface area contributed by atoms with Gasteiger partial charge in [-0.15, -0.1) is 0 Å². The van der Waals surface area contributed by atoms with E-state index in [0.717, 1.165) is 22.0 Å². The Morgan fingerprint density at radius 2 is 1.80 bits per heavy atom. The standard InChI is InChI=1S/C17H15NO2/c1-12-9-17(20)18(11-13-5-3-2-4-6-13)16-10-14(19)7-8-15(12)16/h2-10,19H,11H2,1H3. The van der Waals surface area contributed by atoms with Crippen LogP contribution in [0.25, 0.3) is 10.9 Å². The zero-order valence-corrected chi connectivity index (χ0v) is 11.2. The van der Waals surface area contributed by atoms with Gasteiger partial charge in [-0.1, -0.05) is 30.3 Å². The maximum absolute atomic E-state index is 12.3. The number of rotatable bonds is 2. The molecule has 0 saturated carbocycles. The highest BCUT2D eigenvalue weighted by atomic mass is 16.3. The number of nitrogens with zero attached hydrogens (tertiary/aromatic N) is 1. The van der Waals surface area contributed by atoms with Gasteiger partial charge in [0.1, 0.15) is 5.75 Å². The van der Waals surface area contributed by atoms with E-state index in [1.54, 1.807) is 22.8 Å². The van der Waals surface area contributed by atoms with Crippen LogP contribution in [0.5, 0.6) is 5.75 Å². The van der Waals surface area contributed by atoms with Crippen molar-refractivity contribution in [2.24, 2.45) is 0 Å². The number of aryl methyl sites for hydroxylation is 1. The summed E-state index contributed by atoms with van der Waals surface area (Å²) in [5.74, 6) is 0.171. The van der Waals surface area contributed by atoms with Crippen LogP contribution in [-0.4, -0.2) is 9.67 Å². The zero-order valence-electron chi connectivity index (χ0n) is 11.2. The van der Waals surface area contributed by atoms with Gasteiger partial charge in [0.2, 0.25) is 0 Å². The van der Waals surface area contributed by atoms with Crippen molar-refractivity contribution in [2.45, 2.75) is 13.5 Å². The second-order valence-electron chi connectivity index (χ2n) is 4.94. The van der Waals surface area contributed by atoms with Crippen molar-refractivity contribution in [1.82, 2.24) is 4.57 Å².